The van der Waals surface area contributed by atoms with Gasteiger partial charge in [-0.05, 0) is 68.8 Å². The van der Waals surface area contributed by atoms with Crippen molar-refractivity contribution < 1.29 is 27.1 Å². The summed E-state index contributed by atoms with van der Waals surface area (Å²) in [4.78, 5) is 28.8. The monoisotopic (exact) mass is 598 g/mol. The number of carbonyl (C=O) groups is 2. The third kappa shape index (κ3) is 9.10. The first kappa shape index (κ1) is 32.1. The molecule has 2 saturated heterocycles. The summed E-state index contributed by atoms with van der Waals surface area (Å²) >= 11 is 0. The smallest absolute Gasteiger partial charge is 0.243 e. The number of carbonyl (C=O) groups excluding carboxylic acids is 2. The molecule has 3 atom stereocenters. The van der Waals surface area contributed by atoms with Crippen molar-refractivity contribution in [3.8, 4) is 0 Å². The standard InChI is InChI=1S/C30H40BFN4O5S/c1-20-5-3-4-6-22(20)17-34-29(37)28-16-25(41-19-23-8-9-24(31)15-26(23)32)18-36(28)30(38)27(35-42(2,39)40)10-7-21-11-13-33-14-12-21/h3-6,8-9,15,21,25,27-28,33,35H,7,10-14,16-19H2,1-2H3,(H,34,37)/t25-,27-,28+/m1/s1. The van der Waals surface area contributed by atoms with Crippen molar-refractivity contribution >= 4 is 35.1 Å². The Morgan fingerprint density at radius 2 is 1.90 bits per heavy atom. The number of piperidine rings is 1. The second kappa shape index (κ2) is 14.6. The predicted molar refractivity (Wildman–Crippen MR) is 160 cm³/mol. The van der Waals surface area contributed by atoms with Crippen molar-refractivity contribution in [2.24, 2.45) is 5.92 Å². The third-order valence-corrected chi connectivity index (χ3v) is 8.80. The summed E-state index contributed by atoms with van der Waals surface area (Å²) in [6, 6.07) is 10.2. The normalized spacial score (nSPS) is 20.4. The summed E-state index contributed by atoms with van der Waals surface area (Å²) in [6.45, 7) is 4.05. The molecular formula is C30H40BFN4O5S. The van der Waals surface area contributed by atoms with E-state index in [0.717, 1.165) is 43.3 Å². The summed E-state index contributed by atoms with van der Waals surface area (Å²) in [7, 11) is 1.95. The lowest BCUT2D eigenvalue weighted by Gasteiger charge is -2.30. The van der Waals surface area contributed by atoms with Gasteiger partial charge in [-0.1, -0.05) is 41.9 Å². The molecule has 9 nitrogen and oxygen atoms in total. The lowest BCUT2D eigenvalue weighted by Crippen LogP contribution is -2.53. The Morgan fingerprint density at radius 3 is 2.60 bits per heavy atom. The Labute approximate surface area is 249 Å². The summed E-state index contributed by atoms with van der Waals surface area (Å²) < 4.78 is 47.4. The molecule has 0 unspecified atom stereocenters. The third-order valence-electron chi connectivity index (χ3n) is 8.09. The van der Waals surface area contributed by atoms with Crippen LogP contribution in [0.25, 0.3) is 0 Å². The fourth-order valence-electron chi connectivity index (χ4n) is 5.67. The first-order chi connectivity index (χ1) is 20.0. The van der Waals surface area contributed by atoms with Gasteiger partial charge in [0.05, 0.1) is 19.0 Å². The first-order valence-corrected chi connectivity index (χ1v) is 16.4. The molecule has 0 spiro atoms. The van der Waals surface area contributed by atoms with Crippen LogP contribution in [-0.4, -0.2) is 77.1 Å². The Balaban J connectivity index is 1.50. The van der Waals surface area contributed by atoms with E-state index in [4.69, 9.17) is 12.6 Å². The zero-order valence-electron chi connectivity index (χ0n) is 24.3. The van der Waals surface area contributed by atoms with Crippen LogP contribution in [0.4, 0.5) is 4.39 Å². The molecule has 2 radical (unpaired) electrons. The average molecular weight is 599 g/mol. The molecule has 0 aliphatic carbocycles. The minimum atomic E-state index is -3.70. The molecule has 4 rings (SSSR count). The lowest BCUT2D eigenvalue weighted by molar-refractivity contribution is -0.140. The summed E-state index contributed by atoms with van der Waals surface area (Å²) in [5.74, 6) is -0.924. The van der Waals surface area contributed by atoms with Crippen molar-refractivity contribution in [3.05, 3.63) is 65.0 Å². The van der Waals surface area contributed by atoms with Crippen molar-refractivity contribution in [3.63, 3.8) is 0 Å². The molecule has 2 aromatic rings. The van der Waals surface area contributed by atoms with E-state index in [2.05, 4.69) is 15.4 Å². The minimum Gasteiger partial charge on any atom is -0.371 e. The number of aryl methyl sites for hydroxylation is 1. The highest BCUT2D eigenvalue weighted by atomic mass is 32.2. The fraction of sp³-hybridized carbons (Fsp3) is 0.533. The number of sulfonamides is 1. The molecule has 0 bridgehead atoms. The highest BCUT2D eigenvalue weighted by Crippen LogP contribution is 2.26. The van der Waals surface area contributed by atoms with Crippen molar-refractivity contribution in [2.75, 3.05) is 25.9 Å². The average Bonchev–Trinajstić information content (AvgIpc) is 3.38. The van der Waals surface area contributed by atoms with Crippen LogP contribution in [0.5, 0.6) is 0 Å². The number of amides is 2. The van der Waals surface area contributed by atoms with Gasteiger partial charge in [-0.15, -0.1) is 0 Å². The van der Waals surface area contributed by atoms with Crippen LogP contribution in [0, 0.1) is 18.7 Å². The molecule has 2 fully saturated rings. The van der Waals surface area contributed by atoms with Gasteiger partial charge in [0, 0.05) is 25.1 Å². The van der Waals surface area contributed by atoms with Crippen LogP contribution >= 0.6 is 0 Å². The molecule has 226 valence electrons. The fourth-order valence-corrected chi connectivity index (χ4v) is 6.41. The van der Waals surface area contributed by atoms with E-state index in [1.54, 1.807) is 12.1 Å². The topological polar surface area (TPSA) is 117 Å². The Hall–Kier alpha value is -2.80. The number of ether oxygens (including phenoxy) is 1. The number of hydrogen-bond acceptors (Lipinski definition) is 6. The minimum absolute atomic E-state index is 0.0584. The van der Waals surface area contributed by atoms with Gasteiger partial charge >= 0.3 is 0 Å². The van der Waals surface area contributed by atoms with Crippen molar-refractivity contribution in [1.29, 1.82) is 0 Å². The summed E-state index contributed by atoms with van der Waals surface area (Å²) in [6.07, 6.45) is 3.62. The predicted octanol–water partition coefficient (Wildman–Crippen LogP) is 1.43. The van der Waals surface area contributed by atoms with Crippen LogP contribution in [-0.2, 0) is 37.5 Å². The number of likely N-dealkylation sites (tertiary alicyclic amines) is 1. The van der Waals surface area contributed by atoms with Gasteiger partial charge in [0.2, 0.25) is 21.8 Å². The number of hydrogen-bond donors (Lipinski definition) is 3. The second-order valence-corrected chi connectivity index (χ2v) is 13.2. The van der Waals surface area contributed by atoms with Gasteiger partial charge in [-0.25, -0.2) is 17.5 Å². The maximum absolute atomic E-state index is 14.4. The zero-order chi connectivity index (χ0) is 30.3. The molecule has 3 N–H and O–H groups in total. The Kier molecular flexibility index (Phi) is 11.2. The number of nitrogens with zero attached hydrogens (tertiary/aromatic N) is 1. The van der Waals surface area contributed by atoms with Crippen molar-refractivity contribution in [1.82, 2.24) is 20.3 Å². The van der Waals surface area contributed by atoms with E-state index in [1.807, 2.05) is 31.2 Å². The maximum atomic E-state index is 14.4. The maximum Gasteiger partial charge on any atom is 0.243 e. The van der Waals surface area contributed by atoms with E-state index in [9.17, 15) is 22.4 Å². The van der Waals surface area contributed by atoms with Gasteiger partial charge in [-0.2, -0.15) is 0 Å². The molecule has 0 aromatic heterocycles. The molecular weight excluding hydrogens is 558 g/mol. The van der Waals surface area contributed by atoms with Crippen LogP contribution in [0.15, 0.2) is 42.5 Å². The second-order valence-electron chi connectivity index (χ2n) is 11.4. The molecule has 2 heterocycles. The Morgan fingerprint density at radius 1 is 1.17 bits per heavy atom. The molecule has 12 heteroatoms. The summed E-state index contributed by atoms with van der Waals surface area (Å²) in [5, 5.41) is 6.25. The summed E-state index contributed by atoms with van der Waals surface area (Å²) in [5.41, 5.74) is 2.59. The zero-order valence-corrected chi connectivity index (χ0v) is 25.1. The van der Waals surface area contributed by atoms with Crippen LogP contribution in [0.2, 0.25) is 0 Å². The Bertz CT molecular complexity index is 1350. The SMILES string of the molecule is [B]c1ccc(CO[C@@H]2C[C@@H](C(=O)NCc3ccccc3C)N(C(=O)[C@@H](CCC3CCNCC3)NS(C)(=O)=O)C2)c(F)c1. The number of rotatable bonds is 12. The highest BCUT2D eigenvalue weighted by Gasteiger charge is 2.42. The molecule has 2 aliphatic rings. The van der Waals surface area contributed by atoms with Gasteiger partial charge in [0.15, 0.2) is 0 Å². The molecule has 0 saturated carbocycles. The van der Waals surface area contributed by atoms with Crippen molar-refractivity contribution in [2.45, 2.75) is 70.4 Å². The van der Waals surface area contributed by atoms with Crippen LogP contribution < -0.4 is 20.8 Å². The largest absolute Gasteiger partial charge is 0.371 e. The van der Waals surface area contributed by atoms with E-state index < -0.39 is 39.9 Å². The lowest BCUT2D eigenvalue weighted by atomic mass is 9.91. The quantitative estimate of drug-likeness (QED) is 0.319. The van der Waals surface area contributed by atoms with Crippen LogP contribution in [0.3, 0.4) is 0 Å². The van der Waals surface area contributed by atoms with Gasteiger partial charge in [0.1, 0.15) is 25.7 Å². The van der Waals surface area contributed by atoms with E-state index in [1.165, 1.54) is 11.0 Å². The molecule has 2 aliphatic heterocycles. The molecule has 2 amide bonds. The van der Waals surface area contributed by atoms with Crippen LogP contribution in [0.1, 0.15) is 48.8 Å². The van der Waals surface area contributed by atoms with Gasteiger partial charge < -0.3 is 20.3 Å². The van der Waals surface area contributed by atoms with Gasteiger partial charge in [-0.3, -0.25) is 9.59 Å². The number of benzene rings is 2. The van der Waals surface area contributed by atoms with E-state index in [0.29, 0.717) is 29.8 Å². The van der Waals surface area contributed by atoms with E-state index >= 15 is 0 Å². The first-order valence-electron chi connectivity index (χ1n) is 14.5. The van der Waals surface area contributed by atoms with Gasteiger partial charge in [0.25, 0.3) is 0 Å². The number of nitrogens with one attached hydrogen (secondary N) is 3. The molecule has 2 aromatic carbocycles. The number of halogens is 1. The highest BCUT2D eigenvalue weighted by molar-refractivity contribution is 7.88. The molecule has 42 heavy (non-hydrogen) atoms. The van der Waals surface area contributed by atoms with E-state index in [-0.39, 0.29) is 32.0 Å².